The van der Waals surface area contributed by atoms with Gasteiger partial charge in [0.25, 0.3) is 0 Å². The maximum absolute atomic E-state index is 9.41. The van der Waals surface area contributed by atoms with Crippen LogP contribution in [0, 0.1) is 0 Å². The molecule has 4 N–H and O–H groups in total. The Morgan fingerprint density at radius 2 is 1.91 bits per heavy atom. The second kappa shape index (κ2) is 7.84. The van der Waals surface area contributed by atoms with Gasteiger partial charge >= 0.3 is 0 Å². The van der Waals surface area contributed by atoms with E-state index in [1.54, 1.807) is 12.1 Å². The number of phenolic OH excluding ortho intramolecular Hbond substituents is 1. The molecule has 0 bridgehead atoms. The number of nitrogens with one attached hydrogen (secondary N) is 1. The number of benzene rings is 1. The molecule has 22 heavy (non-hydrogen) atoms. The molecule has 0 aliphatic carbocycles. The fourth-order valence-corrected chi connectivity index (χ4v) is 1.82. The molecule has 118 valence electrons. The summed E-state index contributed by atoms with van der Waals surface area (Å²) in [5, 5.41) is 29.2. The van der Waals surface area contributed by atoms with Crippen molar-refractivity contribution in [3.63, 3.8) is 0 Å². The van der Waals surface area contributed by atoms with Gasteiger partial charge in [0.1, 0.15) is 5.75 Å². The third-order valence-electron chi connectivity index (χ3n) is 2.65. The van der Waals surface area contributed by atoms with Crippen molar-refractivity contribution in [2.75, 3.05) is 0 Å². The molecule has 0 aliphatic rings. The molecule has 1 heterocycles. The van der Waals surface area contributed by atoms with Gasteiger partial charge in [-0.1, -0.05) is 0 Å². The Morgan fingerprint density at radius 3 is 2.41 bits per heavy atom. The Balaban J connectivity index is 0.000000261. The van der Waals surface area contributed by atoms with E-state index < -0.39 is 11.9 Å². The lowest BCUT2D eigenvalue weighted by Gasteiger charge is -2.02. The van der Waals surface area contributed by atoms with Crippen molar-refractivity contribution in [1.29, 1.82) is 0 Å². The quantitative estimate of drug-likeness (QED) is 0.606. The van der Waals surface area contributed by atoms with Crippen LogP contribution in [0.2, 0.25) is 0 Å². The van der Waals surface area contributed by atoms with Crippen LogP contribution < -0.4 is 15.9 Å². The Bertz CT molecular complexity index is 672. The minimum Gasteiger partial charge on any atom is -0.545 e. The molecule has 2 rings (SSSR count). The third-order valence-corrected chi connectivity index (χ3v) is 2.65. The minimum atomic E-state index is -1.55. The number of rotatable bonds is 4. The summed E-state index contributed by atoms with van der Waals surface area (Å²) in [5.74, 6) is -2.80. The Labute approximate surface area is 126 Å². The highest BCUT2D eigenvalue weighted by molar-refractivity contribution is 5.87. The van der Waals surface area contributed by atoms with Crippen LogP contribution >= 0.6 is 0 Å². The SMILES string of the molecule is CC(N)Cc1c[nH]c2ccc(O)cc12.O=C([O-])/C=C\C(=O)[O-]. The number of phenols is 1. The molecule has 0 fully saturated rings. The molecule has 0 radical (unpaired) electrons. The summed E-state index contributed by atoms with van der Waals surface area (Å²) in [6.45, 7) is 1.97. The smallest absolute Gasteiger partial charge is 0.116 e. The molecule has 2 aromatic rings. The number of aromatic amines is 1. The highest BCUT2D eigenvalue weighted by atomic mass is 16.4. The minimum absolute atomic E-state index is 0.136. The molecule has 0 amide bonds. The molecule has 1 unspecified atom stereocenters. The van der Waals surface area contributed by atoms with Gasteiger partial charge in [0, 0.05) is 23.1 Å². The lowest BCUT2D eigenvalue weighted by Crippen LogP contribution is -2.23. The number of carboxylic acid groups (broad SMARTS) is 2. The van der Waals surface area contributed by atoms with Crippen LogP contribution in [0.1, 0.15) is 12.5 Å². The Hall–Kier alpha value is -2.80. The summed E-state index contributed by atoms with van der Waals surface area (Å²) >= 11 is 0. The lowest BCUT2D eigenvalue weighted by molar-refractivity contribution is -0.301. The van der Waals surface area contributed by atoms with Gasteiger partial charge in [-0.3, -0.25) is 0 Å². The first-order valence-electron chi connectivity index (χ1n) is 6.44. The zero-order valence-corrected chi connectivity index (χ0v) is 11.9. The van der Waals surface area contributed by atoms with Crippen molar-refractivity contribution in [2.45, 2.75) is 19.4 Å². The predicted octanol–water partition coefficient (Wildman–Crippen LogP) is -1.19. The molecule has 0 spiro atoms. The molecule has 0 saturated carbocycles. The van der Waals surface area contributed by atoms with Crippen LogP contribution in [0.3, 0.4) is 0 Å². The Morgan fingerprint density at radius 1 is 1.32 bits per heavy atom. The lowest BCUT2D eigenvalue weighted by atomic mass is 10.1. The number of hydrogen-bond acceptors (Lipinski definition) is 6. The van der Waals surface area contributed by atoms with Crippen LogP contribution in [0.4, 0.5) is 0 Å². The number of hydrogen-bond donors (Lipinski definition) is 3. The van der Waals surface area contributed by atoms with E-state index in [2.05, 4.69) is 4.98 Å². The summed E-state index contributed by atoms with van der Waals surface area (Å²) < 4.78 is 0. The number of aromatic nitrogens is 1. The number of fused-ring (bicyclic) bond motifs is 1. The van der Waals surface area contributed by atoms with Crippen molar-refractivity contribution in [3.05, 3.63) is 42.1 Å². The zero-order valence-electron chi connectivity index (χ0n) is 11.9. The van der Waals surface area contributed by atoms with Crippen LogP contribution in [0.5, 0.6) is 5.75 Å². The van der Waals surface area contributed by atoms with Gasteiger partial charge in [-0.05, 0) is 49.3 Å². The predicted molar refractivity (Wildman–Crippen MR) is 76.5 cm³/mol. The van der Waals surface area contributed by atoms with Crippen LogP contribution in [-0.4, -0.2) is 28.1 Å². The highest BCUT2D eigenvalue weighted by Crippen LogP contribution is 2.23. The number of H-pyrrole nitrogens is 1. The van der Waals surface area contributed by atoms with Crippen molar-refractivity contribution in [3.8, 4) is 5.75 Å². The fourth-order valence-electron chi connectivity index (χ4n) is 1.82. The van der Waals surface area contributed by atoms with E-state index in [0.29, 0.717) is 17.9 Å². The summed E-state index contributed by atoms with van der Waals surface area (Å²) in [6, 6.07) is 5.45. The molecular weight excluding hydrogens is 288 g/mol. The summed E-state index contributed by atoms with van der Waals surface area (Å²) in [4.78, 5) is 22.0. The zero-order chi connectivity index (χ0) is 16.7. The van der Waals surface area contributed by atoms with E-state index in [9.17, 15) is 24.9 Å². The van der Waals surface area contributed by atoms with Crippen molar-refractivity contribution in [2.24, 2.45) is 5.73 Å². The maximum atomic E-state index is 9.41. The van der Waals surface area contributed by atoms with E-state index >= 15 is 0 Å². The van der Waals surface area contributed by atoms with E-state index in [-0.39, 0.29) is 6.04 Å². The summed E-state index contributed by atoms with van der Waals surface area (Å²) in [6.07, 6.45) is 3.54. The van der Waals surface area contributed by atoms with Crippen molar-refractivity contribution < 1.29 is 24.9 Å². The summed E-state index contributed by atoms with van der Waals surface area (Å²) in [5.41, 5.74) is 7.93. The molecule has 0 saturated heterocycles. The van der Waals surface area contributed by atoms with Gasteiger partial charge in [-0.25, -0.2) is 0 Å². The molecule has 0 aliphatic heterocycles. The molecule has 1 atom stereocenters. The molecule has 7 nitrogen and oxygen atoms in total. The van der Waals surface area contributed by atoms with E-state index in [4.69, 9.17) is 5.73 Å². The number of carbonyl (C=O) groups excluding carboxylic acids is 2. The van der Waals surface area contributed by atoms with E-state index in [1.807, 2.05) is 19.2 Å². The fraction of sp³-hybridized carbons (Fsp3) is 0.200. The molecule has 7 heteroatoms. The average molecular weight is 304 g/mol. The average Bonchev–Trinajstić information content (AvgIpc) is 2.79. The van der Waals surface area contributed by atoms with Gasteiger partial charge in [-0.2, -0.15) is 0 Å². The van der Waals surface area contributed by atoms with Crippen LogP contribution in [-0.2, 0) is 16.0 Å². The van der Waals surface area contributed by atoms with Crippen molar-refractivity contribution in [1.82, 2.24) is 4.98 Å². The first-order chi connectivity index (χ1) is 10.3. The number of carbonyl (C=O) groups is 2. The second-order valence-corrected chi connectivity index (χ2v) is 4.70. The van der Waals surface area contributed by atoms with E-state index in [1.165, 1.54) is 0 Å². The van der Waals surface area contributed by atoms with Gasteiger partial charge in [0.15, 0.2) is 0 Å². The normalized spacial score (nSPS) is 11.9. The monoisotopic (exact) mass is 304 g/mol. The first-order valence-corrected chi connectivity index (χ1v) is 6.44. The molecular formula is C15H16N2O5-2. The number of aromatic hydroxyl groups is 1. The van der Waals surface area contributed by atoms with Gasteiger partial charge in [-0.15, -0.1) is 0 Å². The number of carboxylic acids is 2. The largest absolute Gasteiger partial charge is 0.545 e. The van der Waals surface area contributed by atoms with E-state index in [0.717, 1.165) is 22.9 Å². The first kappa shape index (κ1) is 17.3. The topological polar surface area (TPSA) is 142 Å². The Kier molecular flexibility index (Phi) is 6.15. The number of aliphatic carboxylic acids is 2. The van der Waals surface area contributed by atoms with Gasteiger partial charge < -0.3 is 35.6 Å². The highest BCUT2D eigenvalue weighted by Gasteiger charge is 2.05. The standard InChI is InChI=1S/C11H14N2O.C4H4O4/c1-7(12)4-8-6-13-11-3-2-9(14)5-10(8)11;5-3(6)1-2-4(7)8/h2-3,5-7,13-14H,4,12H2,1H3;1-2H,(H,5,6)(H,7,8)/p-2/b;2-1-. The van der Waals surface area contributed by atoms with Gasteiger partial charge in [0.05, 0.1) is 11.9 Å². The van der Waals surface area contributed by atoms with Crippen LogP contribution in [0.25, 0.3) is 10.9 Å². The maximum Gasteiger partial charge on any atom is 0.116 e. The summed E-state index contributed by atoms with van der Waals surface area (Å²) in [7, 11) is 0. The molecule has 1 aromatic heterocycles. The third kappa shape index (κ3) is 5.68. The van der Waals surface area contributed by atoms with Crippen LogP contribution in [0.15, 0.2) is 36.5 Å². The van der Waals surface area contributed by atoms with Crippen molar-refractivity contribution >= 4 is 22.8 Å². The molecule has 1 aromatic carbocycles. The van der Waals surface area contributed by atoms with Gasteiger partial charge in [0.2, 0.25) is 0 Å². The second-order valence-electron chi connectivity index (χ2n) is 4.70. The number of nitrogens with two attached hydrogens (primary N) is 1.